The van der Waals surface area contributed by atoms with Crippen LogP contribution in [0.15, 0.2) is 36.9 Å². The summed E-state index contributed by atoms with van der Waals surface area (Å²) in [6.07, 6.45) is 2.18. The summed E-state index contributed by atoms with van der Waals surface area (Å²) in [6, 6.07) is 4.68. The number of non-ortho nitro benzene ring substituents is 1. The second-order valence-electron chi connectivity index (χ2n) is 4.43. The van der Waals surface area contributed by atoms with Crippen LogP contribution in [0.1, 0.15) is 18.4 Å². The molecule has 2 N–H and O–H groups in total. The first-order valence-corrected chi connectivity index (χ1v) is 6.30. The summed E-state index contributed by atoms with van der Waals surface area (Å²) in [5, 5.41) is 22.0. The topological polar surface area (TPSA) is 110 Å². The molecule has 0 heterocycles. The molecule has 0 aliphatic heterocycles. The first-order chi connectivity index (χ1) is 9.93. The number of hydrogen-bond donors (Lipinski definition) is 2. The van der Waals surface area contributed by atoms with Crippen LogP contribution in [0.5, 0.6) is 0 Å². The van der Waals surface area contributed by atoms with E-state index in [1.807, 2.05) is 0 Å². The van der Waals surface area contributed by atoms with Gasteiger partial charge in [-0.15, -0.1) is 6.58 Å². The van der Waals surface area contributed by atoms with Crippen LogP contribution in [-0.4, -0.2) is 27.9 Å². The van der Waals surface area contributed by atoms with Crippen molar-refractivity contribution in [3.63, 3.8) is 0 Å². The highest BCUT2D eigenvalue weighted by Crippen LogP contribution is 2.13. The highest BCUT2D eigenvalue weighted by Gasteiger charge is 2.19. The van der Waals surface area contributed by atoms with E-state index in [1.165, 1.54) is 18.2 Å². The molecule has 0 aromatic heterocycles. The summed E-state index contributed by atoms with van der Waals surface area (Å²) in [5.41, 5.74) is 0.344. The van der Waals surface area contributed by atoms with Crippen molar-refractivity contribution in [1.29, 1.82) is 0 Å². The van der Waals surface area contributed by atoms with Crippen molar-refractivity contribution in [2.45, 2.75) is 25.3 Å². The van der Waals surface area contributed by atoms with Gasteiger partial charge in [0.15, 0.2) is 0 Å². The number of carboxylic acid groups (broad SMARTS) is 1. The lowest BCUT2D eigenvalue weighted by molar-refractivity contribution is -0.384. The van der Waals surface area contributed by atoms with E-state index in [1.54, 1.807) is 12.1 Å². The predicted octanol–water partition coefficient (Wildman–Crippen LogP) is 1.67. The van der Waals surface area contributed by atoms with Crippen molar-refractivity contribution < 1.29 is 19.6 Å². The molecule has 0 unspecified atom stereocenters. The molecule has 7 heteroatoms. The quantitative estimate of drug-likeness (QED) is 0.430. The van der Waals surface area contributed by atoms with Crippen LogP contribution >= 0.6 is 0 Å². The number of amides is 1. The molecule has 0 saturated heterocycles. The standard InChI is InChI=1S/C14H16N2O5/c1-2-3-7-12(14(18)19)15-13(17)9-10-5-4-6-11(8-10)16(20)21/h2,4-6,8,12H,1,3,7,9H2,(H,15,17)(H,18,19)/t12-/m1/s1. The fourth-order valence-electron chi connectivity index (χ4n) is 1.75. The van der Waals surface area contributed by atoms with Gasteiger partial charge in [0.1, 0.15) is 6.04 Å². The number of nitro groups is 1. The van der Waals surface area contributed by atoms with E-state index >= 15 is 0 Å². The van der Waals surface area contributed by atoms with Gasteiger partial charge in [-0.1, -0.05) is 18.2 Å². The van der Waals surface area contributed by atoms with Crippen LogP contribution in [0.4, 0.5) is 5.69 Å². The number of nitrogens with one attached hydrogen (secondary N) is 1. The Balaban J connectivity index is 2.67. The third-order valence-electron chi connectivity index (χ3n) is 2.78. The van der Waals surface area contributed by atoms with E-state index in [0.717, 1.165) is 0 Å². The van der Waals surface area contributed by atoms with E-state index in [9.17, 15) is 19.7 Å². The summed E-state index contributed by atoms with van der Waals surface area (Å²) in [6.45, 7) is 3.50. The van der Waals surface area contributed by atoms with Crippen molar-refractivity contribution in [1.82, 2.24) is 5.32 Å². The third kappa shape index (κ3) is 5.43. The van der Waals surface area contributed by atoms with Gasteiger partial charge in [0.2, 0.25) is 5.91 Å². The fourth-order valence-corrected chi connectivity index (χ4v) is 1.75. The zero-order chi connectivity index (χ0) is 15.8. The molecule has 1 atom stereocenters. The number of nitrogens with zero attached hydrogens (tertiary/aromatic N) is 1. The van der Waals surface area contributed by atoms with Crippen molar-refractivity contribution >= 4 is 17.6 Å². The Morgan fingerprint density at radius 2 is 2.19 bits per heavy atom. The maximum atomic E-state index is 11.8. The molecule has 0 fully saturated rings. The SMILES string of the molecule is C=CCC[C@@H](NC(=O)Cc1cccc([N+](=O)[O-])c1)C(=O)O. The first-order valence-electron chi connectivity index (χ1n) is 6.30. The Morgan fingerprint density at radius 3 is 2.76 bits per heavy atom. The van der Waals surface area contributed by atoms with Crippen molar-refractivity contribution in [3.8, 4) is 0 Å². The van der Waals surface area contributed by atoms with Crippen molar-refractivity contribution in [3.05, 3.63) is 52.6 Å². The molecule has 0 spiro atoms. The van der Waals surface area contributed by atoms with E-state index in [4.69, 9.17) is 5.11 Å². The maximum Gasteiger partial charge on any atom is 0.326 e. The van der Waals surface area contributed by atoms with Crippen LogP contribution in [0, 0.1) is 10.1 Å². The smallest absolute Gasteiger partial charge is 0.326 e. The van der Waals surface area contributed by atoms with Gasteiger partial charge >= 0.3 is 5.97 Å². The van der Waals surface area contributed by atoms with Gasteiger partial charge in [0.25, 0.3) is 5.69 Å². The molecule has 0 aliphatic rings. The number of carbonyl (C=O) groups is 2. The molecule has 1 aromatic carbocycles. The molecular formula is C14H16N2O5. The Morgan fingerprint density at radius 1 is 1.48 bits per heavy atom. The lowest BCUT2D eigenvalue weighted by atomic mass is 10.1. The van der Waals surface area contributed by atoms with Gasteiger partial charge in [-0.2, -0.15) is 0 Å². The maximum absolute atomic E-state index is 11.8. The minimum atomic E-state index is -1.12. The van der Waals surface area contributed by atoms with Crippen LogP contribution in [0.3, 0.4) is 0 Å². The molecule has 21 heavy (non-hydrogen) atoms. The Labute approximate surface area is 121 Å². The van der Waals surface area contributed by atoms with E-state index in [-0.39, 0.29) is 18.5 Å². The lowest BCUT2D eigenvalue weighted by Crippen LogP contribution is -2.41. The second-order valence-corrected chi connectivity index (χ2v) is 4.43. The monoisotopic (exact) mass is 292 g/mol. The zero-order valence-electron chi connectivity index (χ0n) is 11.3. The van der Waals surface area contributed by atoms with E-state index < -0.39 is 22.8 Å². The molecule has 0 bridgehead atoms. The average molecular weight is 292 g/mol. The molecule has 1 aromatic rings. The molecule has 0 radical (unpaired) electrons. The van der Waals surface area contributed by atoms with Gasteiger partial charge < -0.3 is 10.4 Å². The highest BCUT2D eigenvalue weighted by molar-refractivity contribution is 5.84. The number of carboxylic acids is 1. The molecular weight excluding hydrogens is 276 g/mol. The number of allylic oxidation sites excluding steroid dienone is 1. The number of aliphatic carboxylic acids is 1. The van der Waals surface area contributed by atoms with E-state index in [0.29, 0.717) is 12.0 Å². The van der Waals surface area contributed by atoms with Crippen molar-refractivity contribution in [2.75, 3.05) is 0 Å². The van der Waals surface area contributed by atoms with Gasteiger partial charge in [-0.25, -0.2) is 4.79 Å². The average Bonchev–Trinajstić information content (AvgIpc) is 2.43. The molecule has 1 rings (SSSR count). The Bertz CT molecular complexity index is 556. The number of nitro benzene ring substituents is 1. The number of hydrogen-bond acceptors (Lipinski definition) is 4. The number of benzene rings is 1. The largest absolute Gasteiger partial charge is 0.480 e. The zero-order valence-corrected chi connectivity index (χ0v) is 11.3. The Kier molecular flexibility index (Phi) is 6.06. The predicted molar refractivity (Wildman–Crippen MR) is 75.8 cm³/mol. The minimum Gasteiger partial charge on any atom is -0.480 e. The second kappa shape index (κ2) is 7.78. The van der Waals surface area contributed by atoms with Crippen LogP contribution in [0.25, 0.3) is 0 Å². The van der Waals surface area contributed by atoms with Crippen LogP contribution in [0.2, 0.25) is 0 Å². The van der Waals surface area contributed by atoms with Gasteiger partial charge in [-0.05, 0) is 18.4 Å². The summed E-state index contributed by atoms with van der Waals surface area (Å²) < 4.78 is 0. The number of rotatable bonds is 8. The third-order valence-corrected chi connectivity index (χ3v) is 2.78. The van der Waals surface area contributed by atoms with Crippen molar-refractivity contribution in [2.24, 2.45) is 0 Å². The minimum absolute atomic E-state index is 0.109. The van der Waals surface area contributed by atoms with Gasteiger partial charge in [0, 0.05) is 12.1 Å². The van der Waals surface area contributed by atoms with Gasteiger partial charge in [-0.3, -0.25) is 14.9 Å². The normalized spacial score (nSPS) is 11.4. The molecule has 112 valence electrons. The molecule has 0 saturated carbocycles. The Hall–Kier alpha value is -2.70. The van der Waals surface area contributed by atoms with Crippen LogP contribution < -0.4 is 5.32 Å². The summed E-state index contributed by atoms with van der Waals surface area (Å²) >= 11 is 0. The van der Waals surface area contributed by atoms with Crippen LogP contribution in [-0.2, 0) is 16.0 Å². The summed E-state index contributed by atoms with van der Waals surface area (Å²) in [4.78, 5) is 32.9. The number of carbonyl (C=O) groups excluding carboxylic acids is 1. The highest BCUT2D eigenvalue weighted by atomic mass is 16.6. The molecule has 7 nitrogen and oxygen atoms in total. The molecule has 1 amide bonds. The van der Waals surface area contributed by atoms with E-state index in [2.05, 4.69) is 11.9 Å². The van der Waals surface area contributed by atoms with Gasteiger partial charge in [0.05, 0.1) is 11.3 Å². The summed E-state index contributed by atoms with van der Waals surface area (Å²) in [7, 11) is 0. The molecule has 0 aliphatic carbocycles. The summed E-state index contributed by atoms with van der Waals surface area (Å²) in [5.74, 6) is -1.61. The lowest BCUT2D eigenvalue weighted by Gasteiger charge is -2.13. The first kappa shape index (κ1) is 16.4. The fraction of sp³-hybridized carbons (Fsp3) is 0.286.